The van der Waals surface area contributed by atoms with E-state index in [0.717, 1.165) is 23.2 Å². The molecule has 0 aliphatic carbocycles. The second-order valence-electron chi connectivity index (χ2n) is 7.73. The van der Waals surface area contributed by atoms with Gasteiger partial charge in [0.15, 0.2) is 0 Å². The summed E-state index contributed by atoms with van der Waals surface area (Å²) in [7, 11) is 0. The molecule has 0 aromatic heterocycles. The average Bonchev–Trinajstić information content (AvgIpc) is 3.01. The fourth-order valence-corrected chi connectivity index (χ4v) is 3.23. The molecule has 3 rings (SSSR count). The highest BCUT2D eigenvalue weighted by atomic mass is 16.6. The summed E-state index contributed by atoms with van der Waals surface area (Å²) in [5, 5.41) is 2.97. The average molecular weight is 366 g/mol. The molecule has 1 heterocycles. The molecule has 5 nitrogen and oxygen atoms in total. The molecule has 0 unspecified atom stereocenters. The number of benzene rings is 2. The van der Waals surface area contributed by atoms with Crippen LogP contribution in [0.1, 0.15) is 31.9 Å². The number of hydrogen-bond donors (Lipinski definition) is 1. The molecule has 2 aromatic rings. The lowest BCUT2D eigenvalue weighted by Gasteiger charge is -2.28. The first kappa shape index (κ1) is 19.0. The van der Waals surface area contributed by atoms with Crippen molar-refractivity contribution in [1.29, 1.82) is 0 Å². The first-order chi connectivity index (χ1) is 12.8. The van der Waals surface area contributed by atoms with E-state index in [9.17, 15) is 9.59 Å². The van der Waals surface area contributed by atoms with Gasteiger partial charge in [0.05, 0.1) is 5.69 Å². The van der Waals surface area contributed by atoms with Gasteiger partial charge in [0, 0.05) is 13.0 Å². The molecular weight excluding hydrogens is 340 g/mol. The lowest BCUT2D eigenvalue weighted by Crippen LogP contribution is -2.49. The van der Waals surface area contributed by atoms with E-state index in [1.165, 1.54) is 4.90 Å². The Bertz CT molecular complexity index is 812. The lowest BCUT2D eigenvalue weighted by atomic mass is 10.1. The van der Waals surface area contributed by atoms with E-state index >= 15 is 0 Å². The second kappa shape index (κ2) is 7.82. The molecule has 1 aliphatic heterocycles. The summed E-state index contributed by atoms with van der Waals surface area (Å²) < 4.78 is 5.54. The Morgan fingerprint density at radius 3 is 2.44 bits per heavy atom. The molecular formula is C22H26N2O3. The smallest absolute Gasteiger partial charge is 0.415 e. The van der Waals surface area contributed by atoms with E-state index in [2.05, 4.69) is 5.32 Å². The maximum absolute atomic E-state index is 12.8. The highest BCUT2D eigenvalue weighted by Gasteiger charge is 2.40. The minimum atomic E-state index is -0.622. The van der Waals surface area contributed by atoms with Crippen LogP contribution in [0.15, 0.2) is 54.6 Å². The summed E-state index contributed by atoms with van der Waals surface area (Å²) in [5.41, 5.74) is 2.26. The first-order valence-corrected chi connectivity index (χ1v) is 9.27. The van der Waals surface area contributed by atoms with E-state index in [4.69, 9.17) is 4.74 Å². The molecule has 1 N–H and O–H groups in total. The van der Waals surface area contributed by atoms with Crippen molar-refractivity contribution in [2.75, 3.05) is 11.4 Å². The van der Waals surface area contributed by atoms with Gasteiger partial charge in [-0.1, -0.05) is 48.5 Å². The topological polar surface area (TPSA) is 58.6 Å². The fraction of sp³-hybridized carbons (Fsp3) is 0.364. The summed E-state index contributed by atoms with van der Waals surface area (Å²) in [6, 6.07) is 17.0. The van der Waals surface area contributed by atoms with Crippen LogP contribution < -0.4 is 10.2 Å². The Kier molecular flexibility index (Phi) is 5.49. The van der Waals surface area contributed by atoms with Gasteiger partial charge in [-0.15, -0.1) is 0 Å². The summed E-state index contributed by atoms with van der Waals surface area (Å²) >= 11 is 0. The highest BCUT2D eigenvalue weighted by Crippen LogP contribution is 2.33. The van der Waals surface area contributed by atoms with Gasteiger partial charge in [-0.3, -0.25) is 9.69 Å². The van der Waals surface area contributed by atoms with Crippen molar-refractivity contribution in [3.63, 3.8) is 0 Å². The van der Waals surface area contributed by atoms with Crippen LogP contribution in [0.2, 0.25) is 0 Å². The Labute approximate surface area is 160 Å². The van der Waals surface area contributed by atoms with Gasteiger partial charge in [-0.2, -0.15) is 0 Å². The quantitative estimate of drug-likeness (QED) is 0.897. The standard InChI is InChI=1S/C22H26N2O3/c1-22(2,3)27-21(26)24-18-12-8-7-11-17(18)15-19(24)20(25)23-14-13-16-9-5-4-6-10-16/h4-12,19H,13-15H2,1-3H3,(H,23,25)/t19-/m0/s1. The number of carbonyl (C=O) groups is 2. The molecule has 0 bridgehead atoms. The van der Waals surface area contributed by atoms with Crippen LogP contribution in [0.3, 0.4) is 0 Å². The van der Waals surface area contributed by atoms with Crippen LogP contribution in [0, 0.1) is 0 Å². The van der Waals surface area contributed by atoms with Crippen LogP contribution in [-0.4, -0.2) is 30.2 Å². The second-order valence-corrected chi connectivity index (χ2v) is 7.73. The molecule has 1 atom stereocenters. The van der Waals surface area contributed by atoms with Crippen LogP contribution in [0.4, 0.5) is 10.5 Å². The third kappa shape index (κ3) is 4.67. The van der Waals surface area contributed by atoms with E-state index < -0.39 is 17.7 Å². The minimum Gasteiger partial charge on any atom is -0.443 e. The summed E-state index contributed by atoms with van der Waals surface area (Å²) in [6.45, 7) is 5.99. The van der Waals surface area contributed by atoms with Crippen molar-refractivity contribution in [3.05, 3.63) is 65.7 Å². The zero-order valence-corrected chi connectivity index (χ0v) is 16.1. The van der Waals surface area contributed by atoms with Gasteiger partial charge < -0.3 is 10.1 Å². The number of fused-ring (bicyclic) bond motifs is 1. The normalized spacial score (nSPS) is 16.0. The highest BCUT2D eigenvalue weighted by molar-refractivity contribution is 6.00. The van der Waals surface area contributed by atoms with Gasteiger partial charge >= 0.3 is 6.09 Å². The maximum atomic E-state index is 12.8. The van der Waals surface area contributed by atoms with Crippen molar-refractivity contribution in [1.82, 2.24) is 5.32 Å². The number of nitrogens with one attached hydrogen (secondary N) is 1. The predicted octanol–water partition coefficient (Wildman–Crippen LogP) is 3.71. The Hall–Kier alpha value is -2.82. The molecule has 0 saturated heterocycles. The molecule has 0 saturated carbocycles. The molecule has 1 aliphatic rings. The summed E-state index contributed by atoms with van der Waals surface area (Å²) in [6.07, 6.45) is 0.751. The Morgan fingerprint density at radius 2 is 1.74 bits per heavy atom. The van der Waals surface area contributed by atoms with Crippen LogP contribution >= 0.6 is 0 Å². The van der Waals surface area contributed by atoms with Crippen molar-refractivity contribution >= 4 is 17.7 Å². The minimum absolute atomic E-state index is 0.159. The van der Waals surface area contributed by atoms with E-state index in [-0.39, 0.29) is 5.91 Å². The zero-order chi connectivity index (χ0) is 19.4. The van der Waals surface area contributed by atoms with Gasteiger partial charge in [-0.25, -0.2) is 4.79 Å². The summed E-state index contributed by atoms with van der Waals surface area (Å²) in [5.74, 6) is -0.159. The molecule has 27 heavy (non-hydrogen) atoms. The third-order valence-corrected chi connectivity index (χ3v) is 4.42. The van der Waals surface area contributed by atoms with Gasteiger partial charge in [0.2, 0.25) is 5.91 Å². The number of nitrogens with zero attached hydrogens (tertiary/aromatic N) is 1. The fourth-order valence-electron chi connectivity index (χ4n) is 3.23. The molecule has 0 radical (unpaired) electrons. The van der Waals surface area contributed by atoms with Crippen molar-refractivity contribution in [2.24, 2.45) is 0 Å². The van der Waals surface area contributed by atoms with Crippen molar-refractivity contribution < 1.29 is 14.3 Å². The summed E-state index contributed by atoms with van der Waals surface area (Å²) in [4.78, 5) is 27.1. The molecule has 5 heteroatoms. The molecule has 142 valence electrons. The van der Waals surface area contributed by atoms with Crippen molar-refractivity contribution in [3.8, 4) is 0 Å². The number of amides is 2. The zero-order valence-electron chi connectivity index (χ0n) is 16.1. The Balaban J connectivity index is 1.70. The van der Waals surface area contributed by atoms with E-state index in [1.54, 1.807) is 0 Å². The number of para-hydroxylation sites is 1. The Morgan fingerprint density at radius 1 is 1.07 bits per heavy atom. The first-order valence-electron chi connectivity index (χ1n) is 9.27. The van der Waals surface area contributed by atoms with Crippen LogP contribution in [0.5, 0.6) is 0 Å². The van der Waals surface area contributed by atoms with Gasteiger partial charge in [0.25, 0.3) is 0 Å². The maximum Gasteiger partial charge on any atom is 0.415 e. The molecule has 2 amide bonds. The van der Waals surface area contributed by atoms with Gasteiger partial charge in [0.1, 0.15) is 11.6 Å². The third-order valence-electron chi connectivity index (χ3n) is 4.42. The number of ether oxygens (including phenoxy) is 1. The molecule has 0 spiro atoms. The number of carbonyl (C=O) groups excluding carboxylic acids is 2. The molecule has 2 aromatic carbocycles. The SMILES string of the molecule is CC(C)(C)OC(=O)N1c2ccccc2C[C@H]1C(=O)NCCc1ccccc1. The number of anilines is 1. The van der Waals surface area contributed by atoms with E-state index in [1.807, 2.05) is 75.4 Å². The lowest BCUT2D eigenvalue weighted by molar-refractivity contribution is -0.122. The number of rotatable bonds is 4. The number of hydrogen-bond acceptors (Lipinski definition) is 3. The molecule has 0 fully saturated rings. The van der Waals surface area contributed by atoms with Crippen LogP contribution in [0.25, 0.3) is 0 Å². The largest absolute Gasteiger partial charge is 0.443 e. The van der Waals surface area contributed by atoms with E-state index in [0.29, 0.717) is 13.0 Å². The monoisotopic (exact) mass is 366 g/mol. The van der Waals surface area contributed by atoms with Gasteiger partial charge in [-0.05, 0) is 44.4 Å². The predicted molar refractivity (Wildman–Crippen MR) is 106 cm³/mol. The van der Waals surface area contributed by atoms with Crippen LogP contribution in [-0.2, 0) is 22.4 Å². The van der Waals surface area contributed by atoms with Crippen molar-refractivity contribution in [2.45, 2.75) is 45.3 Å².